The molecule has 0 heterocycles. The van der Waals surface area contributed by atoms with E-state index < -0.39 is 0 Å². The van der Waals surface area contributed by atoms with Crippen LogP contribution in [0, 0.1) is 0 Å². The van der Waals surface area contributed by atoms with E-state index in [2.05, 4.69) is 186 Å². The van der Waals surface area contributed by atoms with Gasteiger partial charge in [-0.05, 0) is 61.6 Å². The summed E-state index contributed by atoms with van der Waals surface area (Å²) in [7, 11) is 0. The molecule has 0 fully saturated rings. The maximum Gasteiger partial charge on any atom is -0.0132 e. The third-order valence-corrected chi connectivity index (χ3v) is 7.15. The molecule has 0 saturated heterocycles. The van der Waals surface area contributed by atoms with E-state index in [1.165, 1.54) is 56.5 Å². The lowest BCUT2D eigenvalue weighted by atomic mass is 9.86. The summed E-state index contributed by atoms with van der Waals surface area (Å²) in [4.78, 5) is 0. The molecular weight excluding hydrogens is 516 g/mol. The molecule has 0 saturated carbocycles. The fraction of sp³-hybridized carbons (Fsp3) is 0.163. The van der Waals surface area contributed by atoms with Gasteiger partial charge in [-0.1, -0.05) is 199 Å². The predicted octanol–water partition coefficient (Wildman–Crippen LogP) is 12.8. The van der Waals surface area contributed by atoms with E-state index in [0.29, 0.717) is 0 Å². The Kier molecular flexibility index (Phi) is 11.3. The largest absolute Gasteiger partial charge is 0.0656 e. The van der Waals surface area contributed by atoms with Crippen LogP contribution in [-0.2, 0) is 5.41 Å². The highest BCUT2D eigenvalue weighted by molar-refractivity contribution is 5.73. The van der Waals surface area contributed by atoms with E-state index in [4.69, 9.17) is 0 Å². The summed E-state index contributed by atoms with van der Waals surface area (Å²) in [5.41, 5.74) is 11.7. The lowest BCUT2D eigenvalue weighted by Crippen LogP contribution is -2.10. The van der Waals surface area contributed by atoms with Gasteiger partial charge in [-0.2, -0.15) is 0 Å². The van der Waals surface area contributed by atoms with Gasteiger partial charge in [0.05, 0.1) is 0 Å². The second-order valence-electron chi connectivity index (χ2n) is 11.8. The monoisotopic (exact) mass is 560 g/mol. The molecule has 0 aliphatic heterocycles. The van der Waals surface area contributed by atoms with Gasteiger partial charge >= 0.3 is 0 Å². The maximum absolute atomic E-state index is 2.25. The molecule has 0 heteroatoms. The van der Waals surface area contributed by atoms with Gasteiger partial charge in [0.15, 0.2) is 0 Å². The predicted molar refractivity (Wildman–Crippen MR) is 189 cm³/mol. The molecule has 0 bridgehead atoms. The maximum atomic E-state index is 2.25. The topological polar surface area (TPSA) is 0 Å². The summed E-state index contributed by atoms with van der Waals surface area (Å²) < 4.78 is 0. The zero-order chi connectivity index (χ0) is 30.5. The second kappa shape index (κ2) is 15.5. The van der Waals surface area contributed by atoms with Gasteiger partial charge in [0, 0.05) is 0 Å². The molecule has 0 nitrogen and oxygen atoms in total. The smallest absolute Gasteiger partial charge is 0.0132 e. The Bertz CT molecular complexity index is 1570. The third-order valence-electron chi connectivity index (χ3n) is 7.15. The van der Waals surface area contributed by atoms with Crippen LogP contribution in [0.25, 0.3) is 44.5 Å². The van der Waals surface area contributed by atoms with Crippen LogP contribution < -0.4 is 0 Å². The average molecular weight is 561 g/mol. The first-order chi connectivity index (χ1) is 20.9. The highest BCUT2D eigenvalue weighted by Gasteiger charge is 2.13. The Morgan fingerprint density at radius 1 is 0.326 bits per heavy atom. The van der Waals surface area contributed by atoms with Crippen molar-refractivity contribution < 1.29 is 0 Å². The molecule has 6 rings (SSSR count). The standard InChI is InChI=1S/C22H22.C18H14.C3H8/c1-22(2,3)21-15-13-20(14-16-21)19-11-9-18(10-12-19)17-7-5-4-6-8-17;1-3-8-15(9-4-1)17-12-7-13-18(14-17)16-10-5-2-6-11-16;1-3-2/h4-16H,1-3H3;1-14H;3H2,1-2H3. The van der Waals surface area contributed by atoms with Gasteiger partial charge in [0.25, 0.3) is 0 Å². The first-order valence-electron chi connectivity index (χ1n) is 15.4. The average Bonchev–Trinajstić information content (AvgIpc) is 3.06. The van der Waals surface area contributed by atoms with E-state index in [9.17, 15) is 0 Å². The highest BCUT2D eigenvalue weighted by atomic mass is 14.2. The molecule has 0 N–H and O–H groups in total. The molecular formula is C43H44. The van der Waals surface area contributed by atoms with Crippen LogP contribution >= 0.6 is 0 Å². The minimum Gasteiger partial charge on any atom is -0.0656 e. The fourth-order valence-corrected chi connectivity index (χ4v) is 4.79. The molecule has 0 amide bonds. The van der Waals surface area contributed by atoms with E-state index in [1.54, 1.807) is 0 Å². The van der Waals surface area contributed by atoms with Crippen LogP contribution in [0.1, 0.15) is 46.6 Å². The van der Waals surface area contributed by atoms with Crippen molar-refractivity contribution in [2.24, 2.45) is 0 Å². The van der Waals surface area contributed by atoms with E-state index >= 15 is 0 Å². The molecule has 6 aromatic carbocycles. The van der Waals surface area contributed by atoms with Crippen LogP contribution in [0.15, 0.2) is 164 Å². The zero-order valence-electron chi connectivity index (χ0n) is 26.3. The molecule has 0 aromatic heterocycles. The lowest BCUT2D eigenvalue weighted by molar-refractivity contribution is 0.590. The molecule has 0 spiro atoms. The van der Waals surface area contributed by atoms with Crippen molar-refractivity contribution >= 4 is 0 Å². The van der Waals surface area contributed by atoms with E-state index in [1.807, 2.05) is 12.1 Å². The van der Waals surface area contributed by atoms with Gasteiger partial charge in [0.1, 0.15) is 0 Å². The summed E-state index contributed by atoms with van der Waals surface area (Å²) in [6.45, 7) is 11.0. The molecule has 216 valence electrons. The van der Waals surface area contributed by atoms with Gasteiger partial charge < -0.3 is 0 Å². The van der Waals surface area contributed by atoms with E-state index in [0.717, 1.165) is 0 Å². The molecule has 0 aliphatic rings. The Labute approximate surface area is 259 Å². The first-order valence-corrected chi connectivity index (χ1v) is 15.4. The van der Waals surface area contributed by atoms with Gasteiger partial charge in [0.2, 0.25) is 0 Å². The molecule has 0 atom stereocenters. The number of hydrogen-bond acceptors (Lipinski definition) is 0. The third kappa shape index (κ3) is 9.15. The van der Waals surface area contributed by atoms with Crippen LogP contribution in [0.3, 0.4) is 0 Å². The normalized spacial score (nSPS) is 10.5. The van der Waals surface area contributed by atoms with Crippen LogP contribution in [-0.4, -0.2) is 0 Å². The Balaban J connectivity index is 0.000000183. The number of rotatable bonds is 4. The fourth-order valence-electron chi connectivity index (χ4n) is 4.79. The van der Waals surface area contributed by atoms with Crippen molar-refractivity contribution in [1.82, 2.24) is 0 Å². The summed E-state index contributed by atoms with van der Waals surface area (Å²) in [6, 6.07) is 57.8. The number of benzene rings is 6. The van der Waals surface area contributed by atoms with Crippen molar-refractivity contribution in [1.29, 1.82) is 0 Å². The number of hydrogen-bond donors (Lipinski definition) is 0. The Hall–Kier alpha value is -4.68. The van der Waals surface area contributed by atoms with Crippen LogP contribution in [0.4, 0.5) is 0 Å². The zero-order valence-corrected chi connectivity index (χ0v) is 26.3. The van der Waals surface area contributed by atoms with Crippen molar-refractivity contribution in [2.75, 3.05) is 0 Å². The van der Waals surface area contributed by atoms with Crippen LogP contribution in [0.5, 0.6) is 0 Å². The van der Waals surface area contributed by atoms with Gasteiger partial charge in [-0.15, -0.1) is 0 Å². The van der Waals surface area contributed by atoms with Crippen molar-refractivity contribution in [3.05, 3.63) is 169 Å². The highest BCUT2D eigenvalue weighted by Crippen LogP contribution is 2.28. The summed E-state index contributed by atoms with van der Waals surface area (Å²) in [6.07, 6.45) is 1.25. The van der Waals surface area contributed by atoms with Gasteiger partial charge in [-0.25, -0.2) is 0 Å². The van der Waals surface area contributed by atoms with Crippen molar-refractivity contribution in [2.45, 2.75) is 46.5 Å². The quantitative estimate of drug-likeness (QED) is 0.201. The first kappa shape index (κ1) is 31.3. The SMILES string of the molecule is CC(C)(C)c1ccc(-c2ccc(-c3ccccc3)cc2)cc1.CCC.c1ccc(-c2cccc(-c3ccccc3)c2)cc1. The van der Waals surface area contributed by atoms with Crippen LogP contribution in [0.2, 0.25) is 0 Å². The van der Waals surface area contributed by atoms with E-state index in [-0.39, 0.29) is 5.41 Å². The minimum absolute atomic E-state index is 0.204. The summed E-state index contributed by atoms with van der Waals surface area (Å²) >= 11 is 0. The second-order valence-corrected chi connectivity index (χ2v) is 11.8. The Morgan fingerprint density at radius 3 is 0.907 bits per heavy atom. The summed E-state index contributed by atoms with van der Waals surface area (Å²) in [5.74, 6) is 0. The van der Waals surface area contributed by atoms with Crippen molar-refractivity contribution in [3.63, 3.8) is 0 Å². The molecule has 0 unspecified atom stereocenters. The molecule has 0 aliphatic carbocycles. The lowest BCUT2D eigenvalue weighted by Gasteiger charge is -2.19. The minimum atomic E-state index is 0.204. The Morgan fingerprint density at radius 2 is 0.581 bits per heavy atom. The molecule has 43 heavy (non-hydrogen) atoms. The summed E-state index contributed by atoms with van der Waals surface area (Å²) in [5, 5.41) is 0. The van der Waals surface area contributed by atoms with Crippen molar-refractivity contribution in [3.8, 4) is 44.5 Å². The molecule has 6 aromatic rings. The van der Waals surface area contributed by atoms with Gasteiger partial charge in [-0.3, -0.25) is 0 Å². The molecule has 0 radical (unpaired) electrons.